The predicted molar refractivity (Wildman–Crippen MR) is 115 cm³/mol. The molecule has 0 atom stereocenters. The van der Waals surface area contributed by atoms with Gasteiger partial charge in [-0.15, -0.1) is 12.8 Å². The second kappa shape index (κ2) is 16.1. The van der Waals surface area contributed by atoms with Gasteiger partial charge in [-0.3, -0.25) is 12.2 Å². The topological polar surface area (TPSA) is 9.23 Å². The van der Waals surface area contributed by atoms with Crippen LogP contribution in [0.25, 0.3) is 0 Å². The Morgan fingerprint density at radius 3 is 1.48 bits per heavy atom. The van der Waals surface area contributed by atoms with Crippen LogP contribution in [0, 0.1) is 12.2 Å². The fraction of sp³-hybridized carbons (Fsp3) is 0.130. The number of hydrogen-bond donors (Lipinski definition) is 0. The summed E-state index contributed by atoms with van der Waals surface area (Å²) in [6, 6.07) is 21.3. The molecule has 4 heteroatoms. The Morgan fingerprint density at radius 1 is 0.778 bits per heavy atom. The molecule has 0 spiro atoms. The third kappa shape index (κ3) is 10.3. The Bertz CT molecular complexity index is 643. The van der Waals surface area contributed by atoms with Crippen molar-refractivity contribution in [2.45, 2.75) is 17.6 Å². The molecule has 0 heterocycles. The van der Waals surface area contributed by atoms with Crippen molar-refractivity contribution in [1.29, 1.82) is 0 Å². The van der Waals surface area contributed by atoms with Gasteiger partial charge in [0.05, 0.1) is 0 Å². The van der Waals surface area contributed by atoms with Crippen LogP contribution >= 0.6 is 0 Å². The summed E-state index contributed by atoms with van der Waals surface area (Å²) >= 11 is 0.352. The van der Waals surface area contributed by atoms with Gasteiger partial charge in [0.25, 0.3) is 0 Å². The third-order valence-corrected chi connectivity index (χ3v) is 6.52. The van der Waals surface area contributed by atoms with Gasteiger partial charge in [0.15, 0.2) is 0 Å². The first-order chi connectivity index (χ1) is 12.9. The fourth-order valence-corrected chi connectivity index (χ4v) is 4.87. The molecular formula is C23H24Al2OTi. The standard InChI is InChI=1S/C13H11.2C5H5.2Al.O.Ti.3H/c1-3-7-12(8-4-1)11-13-9-5-2-6-10-13;2*1-2-4-5-3-1;;;;;;;/h1-11H;2*1-3H,4H2;;;;;;;/q;2*-1;;;;+2;;;. The minimum atomic E-state index is -0.499. The molecule has 0 saturated carbocycles. The number of benzene rings is 2. The van der Waals surface area contributed by atoms with Crippen LogP contribution in [0.5, 0.6) is 0 Å². The van der Waals surface area contributed by atoms with Gasteiger partial charge in [0.2, 0.25) is 0 Å². The summed E-state index contributed by atoms with van der Waals surface area (Å²) < 4.78 is 6.09. The quantitative estimate of drug-likeness (QED) is 0.532. The normalized spacial score (nSPS) is 12.6. The number of allylic oxidation sites excluding steroid dienone is 8. The van der Waals surface area contributed by atoms with Crippen LogP contribution in [0.1, 0.15) is 28.7 Å². The van der Waals surface area contributed by atoms with Gasteiger partial charge < -0.3 is 2.84 Å². The summed E-state index contributed by atoms with van der Waals surface area (Å²) in [5.74, 6) is 0. The molecule has 0 unspecified atom stereocenters. The van der Waals surface area contributed by atoms with Crippen LogP contribution in [0.4, 0.5) is 0 Å². The summed E-state index contributed by atoms with van der Waals surface area (Å²) in [6.45, 7) is 0. The van der Waals surface area contributed by atoms with Gasteiger partial charge in [0, 0.05) is 0 Å². The molecule has 2 aliphatic carbocycles. The van der Waals surface area contributed by atoms with Crippen molar-refractivity contribution in [3.63, 3.8) is 0 Å². The minimum absolute atomic E-state index is 0. The van der Waals surface area contributed by atoms with Crippen molar-refractivity contribution in [2.75, 3.05) is 0 Å². The second-order valence-corrected chi connectivity index (χ2v) is 9.29. The first kappa shape index (κ1) is 24.2. The van der Waals surface area contributed by atoms with E-state index >= 15 is 0 Å². The van der Waals surface area contributed by atoms with E-state index in [0.29, 0.717) is 4.78 Å². The summed E-state index contributed by atoms with van der Waals surface area (Å²) in [6.07, 6.45) is 20.0. The molecule has 0 radical (unpaired) electrons. The van der Waals surface area contributed by atoms with E-state index in [2.05, 4.69) is 85.0 Å². The molecular weight excluding hydrogens is 394 g/mol. The van der Waals surface area contributed by atoms with E-state index in [0.717, 1.165) is 29.5 Å². The van der Waals surface area contributed by atoms with Crippen LogP contribution in [0.3, 0.4) is 0 Å². The zero-order valence-electron chi connectivity index (χ0n) is 15.8. The Balaban J connectivity index is 0.000000270. The SMILES string of the molecule is [AlH2][O][AlH][CH](c1ccccc1)c1ccccc1.[C-]1=CC=CC1.[C-]1=CC=CC1.[Ti+2]. The van der Waals surface area contributed by atoms with Gasteiger partial charge in [-0.1, -0.05) is 71.8 Å². The number of rotatable bonds is 4. The Morgan fingerprint density at radius 2 is 1.22 bits per heavy atom. The van der Waals surface area contributed by atoms with Gasteiger partial charge in [-0.25, -0.2) is 24.3 Å². The molecule has 0 aliphatic heterocycles. The molecule has 0 saturated heterocycles. The molecule has 132 valence electrons. The van der Waals surface area contributed by atoms with Crippen LogP contribution in [-0.4, -0.2) is 32.2 Å². The van der Waals surface area contributed by atoms with E-state index in [1.807, 2.05) is 24.3 Å². The van der Waals surface area contributed by atoms with E-state index in [9.17, 15) is 0 Å². The number of hydrogen-bond acceptors (Lipinski definition) is 1. The monoisotopic (exact) mass is 418 g/mol. The maximum Gasteiger partial charge on any atom is 2.00 e. The van der Waals surface area contributed by atoms with E-state index in [1.54, 1.807) is 0 Å². The molecule has 4 rings (SSSR count). The van der Waals surface area contributed by atoms with Gasteiger partial charge in [0.1, 0.15) is 0 Å². The smallest absolute Gasteiger partial charge is 0.644 e. The molecule has 0 N–H and O–H groups in total. The van der Waals surface area contributed by atoms with Crippen LogP contribution in [0.15, 0.2) is 97.1 Å². The van der Waals surface area contributed by atoms with Crippen LogP contribution < -0.4 is 0 Å². The van der Waals surface area contributed by atoms with Crippen molar-refractivity contribution >= 4 is 32.2 Å². The molecule has 0 fully saturated rings. The van der Waals surface area contributed by atoms with Crippen LogP contribution in [0.2, 0.25) is 0 Å². The minimum Gasteiger partial charge on any atom is -0.644 e. The predicted octanol–water partition coefficient (Wildman–Crippen LogP) is 4.30. The van der Waals surface area contributed by atoms with Gasteiger partial charge in [-0.2, -0.15) is 12.2 Å². The molecule has 0 aromatic heterocycles. The molecule has 1 nitrogen and oxygen atoms in total. The average Bonchev–Trinajstić information content (AvgIpc) is 3.46. The largest absolute Gasteiger partial charge is 2.00 e. The van der Waals surface area contributed by atoms with E-state index in [4.69, 9.17) is 2.84 Å². The Labute approximate surface area is 193 Å². The zero-order chi connectivity index (χ0) is 18.3. The van der Waals surface area contributed by atoms with E-state index in [1.165, 1.54) is 11.1 Å². The van der Waals surface area contributed by atoms with Crippen molar-refractivity contribution in [3.05, 3.63) is 120 Å². The fourth-order valence-electron chi connectivity index (χ4n) is 2.60. The van der Waals surface area contributed by atoms with Crippen molar-refractivity contribution < 1.29 is 24.6 Å². The molecule has 0 bridgehead atoms. The van der Waals surface area contributed by atoms with Gasteiger partial charge >= 0.3 is 53.9 Å². The van der Waals surface area contributed by atoms with Crippen molar-refractivity contribution in [2.24, 2.45) is 0 Å². The summed E-state index contributed by atoms with van der Waals surface area (Å²) in [7, 11) is 0. The molecule has 2 aromatic rings. The molecule has 27 heavy (non-hydrogen) atoms. The van der Waals surface area contributed by atoms with Crippen molar-refractivity contribution in [1.82, 2.24) is 0 Å². The second-order valence-electron chi connectivity index (χ2n) is 5.84. The maximum absolute atomic E-state index is 5.59. The Kier molecular flexibility index (Phi) is 14.4. The summed E-state index contributed by atoms with van der Waals surface area (Å²) in [5.41, 5.74) is 2.77. The maximum atomic E-state index is 5.59. The van der Waals surface area contributed by atoms with E-state index < -0.39 is 15.6 Å². The Hall–Kier alpha value is -0.861. The van der Waals surface area contributed by atoms with Crippen LogP contribution in [-0.2, 0) is 24.6 Å². The average molecular weight is 418 g/mol. The molecule has 0 amide bonds. The first-order valence-electron chi connectivity index (χ1n) is 8.94. The first-order valence-corrected chi connectivity index (χ1v) is 11.1. The third-order valence-electron chi connectivity index (χ3n) is 3.91. The summed E-state index contributed by atoms with van der Waals surface area (Å²) in [5, 5.41) is 0. The molecule has 2 aliphatic rings. The van der Waals surface area contributed by atoms with E-state index in [-0.39, 0.29) is 21.7 Å². The van der Waals surface area contributed by atoms with Gasteiger partial charge in [-0.05, 0) is 4.78 Å². The zero-order valence-corrected chi connectivity index (χ0v) is 20.8. The molecule has 2 aromatic carbocycles. The summed E-state index contributed by atoms with van der Waals surface area (Å²) in [4.78, 5) is 0. The van der Waals surface area contributed by atoms with Crippen molar-refractivity contribution in [3.8, 4) is 0 Å².